The Morgan fingerprint density at radius 1 is 0.952 bits per heavy atom. The number of guanidine groups is 1. The number of fused-ring (bicyclic) bond motifs is 9. The number of ether oxygens (including phenoxy) is 1. The number of carbonyl (C=O) groups excluding carboxylic acids is 4. The van der Waals surface area contributed by atoms with Gasteiger partial charge in [0.05, 0.1) is 47.3 Å². The molecule has 15 nitrogen and oxygen atoms in total. The third-order valence-electron chi connectivity index (χ3n) is 13.6. The number of aryl methyl sites for hydroxylation is 2. The summed E-state index contributed by atoms with van der Waals surface area (Å²) in [6, 6.07) is 12.7. The zero-order valence-corrected chi connectivity index (χ0v) is 35.6. The highest BCUT2D eigenvalue weighted by Gasteiger charge is 2.47. The molecule has 4 amide bonds. The number of nitrogens with zero attached hydrogens (tertiary/aromatic N) is 8. The number of carbonyl (C=O) groups is 4. The minimum atomic E-state index is -1.06. The molecule has 0 saturated carbocycles. The Morgan fingerprint density at radius 3 is 2.52 bits per heavy atom. The summed E-state index contributed by atoms with van der Waals surface area (Å²) < 4.78 is 38.6. The van der Waals surface area contributed by atoms with Gasteiger partial charge in [0.1, 0.15) is 11.6 Å². The molecule has 5 atom stereocenters. The Balaban J connectivity index is 0.802. The van der Waals surface area contributed by atoms with Gasteiger partial charge in [-0.1, -0.05) is 13.0 Å². The Morgan fingerprint density at radius 2 is 1.75 bits per heavy atom. The molecule has 2 aromatic carbocycles. The number of piperazine rings is 1. The second-order valence-corrected chi connectivity index (χ2v) is 18.0. The molecule has 0 spiro atoms. The molecule has 4 aromatic rings. The minimum absolute atomic E-state index is 0.0229. The quantitative estimate of drug-likeness (QED) is 0.256. The lowest BCUT2D eigenvalue weighted by Gasteiger charge is -2.56. The molecular formula is C46H50F2N10O5. The Kier molecular flexibility index (Phi) is 10.5. The zero-order valence-electron chi connectivity index (χ0n) is 35.6. The first-order chi connectivity index (χ1) is 30.4. The maximum Gasteiger partial charge on any atom is 0.280 e. The molecule has 2 N–H and O–H groups in total. The highest BCUT2D eigenvalue weighted by Crippen LogP contribution is 2.40. The van der Waals surface area contributed by atoms with Crippen LogP contribution in [-0.4, -0.2) is 106 Å². The molecule has 7 aliphatic rings. The van der Waals surface area contributed by atoms with Crippen LogP contribution in [0.15, 0.2) is 53.7 Å². The van der Waals surface area contributed by atoms with Crippen molar-refractivity contribution in [2.24, 2.45) is 23.9 Å². The lowest BCUT2D eigenvalue weighted by atomic mass is 9.86. The fourth-order valence-electron chi connectivity index (χ4n) is 10.3. The summed E-state index contributed by atoms with van der Waals surface area (Å²) in [5.41, 5.74) is 5.43. The zero-order chi connectivity index (χ0) is 43.7. The number of hydrogen-bond donors (Lipinski definition) is 2. The van der Waals surface area contributed by atoms with Crippen LogP contribution >= 0.6 is 0 Å². The molecule has 4 bridgehead atoms. The average molecular weight is 861 g/mol. The van der Waals surface area contributed by atoms with Crippen molar-refractivity contribution >= 4 is 46.7 Å². The highest BCUT2D eigenvalue weighted by molar-refractivity contribution is 6.19. The summed E-state index contributed by atoms with van der Waals surface area (Å²) >= 11 is 0. The van der Waals surface area contributed by atoms with Gasteiger partial charge in [-0.15, -0.1) is 0 Å². The second-order valence-electron chi connectivity index (χ2n) is 18.0. The van der Waals surface area contributed by atoms with Crippen LogP contribution in [0.2, 0.25) is 0 Å². The number of pyridine rings is 1. The third kappa shape index (κ3) is 7.69. The number of amides is 4. The van der Waals surface area contributed by atoms with Gasteiger partial charge in [-0.05, 0) is 86.9 Å². The Labute approximate surface area is 363 Å². The lowest BCUT2D eigenvalue weighted by Crippen LogP contribution is -2.69. The fraction of sp³-hybridized carbons (Fsp3) is 0.457. The summed E-state index contributed by atoms with van der Waals surface area (Å²) in [4.78, 5) is 69.4. The third-order valence-corrected chi connectivity index (χ3v) is 13.6. The number of aliphatic imine (C=N–C) groups is 1. The smallest absolute Gasteiger partial charge is 0.280 e. The van der Waals surface area contributed by atoms with Crippen molar-refractivity contribution in [1.82, 2.24) is 29.9 Å². The molecule has 328 valence electrons. The van der Waals surface area contributed by atoms with Crippen molar-refractivity contribution in [3.05, 3.63) is 82.7 Å². The van der Waals surface area contributed by atoms with Crippen LogP contribution in [-0.2, 0) is 28.0 Å². The first kappa shape index (κ1) is 40.8. The monoisotopic (exact) mass is 860 g/mol. The van der Waals surface area contributed by atoms with E-state index in [9.17, 15) is 19.2 Å². The number of benzene rings is 2. The number of imide groups is 1. The van der Waals surface area contributed by atoms with Gasteiger partial charge in [-0.2, -0.15) is 10.1 Å². The van der Waals surface area contributed by atoms with Gasteiger partial charge in [0.15, 0.2) is 0 Å². The summed E-state index contributed by atoms with van der Waals surface area (Å²) in [6.45, 7) is 8.00. The van der Waals surface area contributed by atoms with Crippen LogP contribution in [0.1, 0.15) is 78.5 Å². The molecule has 9 heterocycles. The predicted molar refractivity (Wildman–Crippen MR) is 230 cm³/mol. The van der Waals surface area contributed by atoms with Crippen LogP contribution < -0.4 is 25.2 Å². The van der Waals surface area contributed by atoms with Gasteiger partial charge in [-0.25, -0.2) is 13.5 Å². The normalized spacial score (nSPS) is 25.7. The number of hydrogen-bond acceptors (Lipinski definition) is 11. The van der Waals surface area contributed by atoms with Crippen LogP contribution in [0, 0.1) is 30.4 Å². The van der Waals surface area contributed by atoms with E-state index in [1.807, 2.05) is 23.8 Å². The summed E-state index contributed by atoms with van der Waals surface area (Å²) in [5, 5.41) is 10.0. The molecule has 17 heteroatoms. The van der Waals surface area contributed by atoms with Crippen LogP contribution in [0.25, 0.3) is 11.3 Å². The molecule has 2 aromatic heterocycles. The van der Waals surface area contributed by atoms with E-state index in [2.05, 4.69) is 55.6 Å². The van der Waals surface area contributed by atoms with Crippen LogP contribution in [0.4, 0.5) is 25.8 Å². The number of piperidine rings is 2. The van der Waals surface area contributed by atoms with Crippen LogP contribution in [0.5, 0.6) is 5.88 Å². The number of rotatable bonds is 5. The molecule has 11 rings (SSSR count). The number of nitrogens with one attached hydrogen (secondary N) is 2. The van der Waals surface area contributed by atoms with Crippen molar-refractivity contribution in [2.75, 3.05) is 54.4 Å². The molecule has 2 unspecified atom stereocenters. The van der Waals surface area contributed by atoms with Gasteiger partial charge in [-0.3, -0.25) is 34.4 Å². The maximum atomic E-state index is 15.3. The van der Waals surface area contributed by atoms with Gasteiger partial charge in [0.25, 0.3) is 5.91 Å². The lowest BCUT2D eigenvalue weighted by molar-refractivity contribution is -0.148. The number of aromatic nitrogens is 3. The summed E-state index contributed by atoms with van der Waals surface area (Å²) in [6.07, 6.45) is 5.10. The molecule has 5 fully saturated rings. The molecular weight excluding hydrogens is 811 g/mol. The van der Waals surface area contributed by atoms with E-state index in [0.29, 0.717) is 86.8 Å². The van der Waals surface area contributed by atoms with E-state index < -0.39 is 29.4 Å². The van der Waals surface area contributed by atoms with Gasteiger partial charge >= 0.3 is 0 Å². The van der Waals surface area contributed by atoms with E-state index in [1.54, 1.807) is 23.0 Å². The number of anilines is 3. The molecule has 0 aliphatic carbocycles. The Bertz CT molecular complexity index is 2540. The van der Waals surface area contributed by atoms with Crippen molar-refractivity contribution in [3.8, 4) is 17.1 Å². The summed E-state index contributed by atoms with van der Waals surface area (Å²) in [7, 11) is 1.83. The average Bonchev–Trinajstić information content (AvgIpc) is 3.98. The van der Waals surface area contributed by atoms with E-state index in [1.165, 1.54) is 12.1 Å². The van der Waals surface area contributed by atoms with E-state index >= 15 is 8.78 Å². The topological polar surface area (TPSA) is 158 Å². The van der Waals surface area contributed by atoms with Gasteiger partial charge in [0.2, 0.25) is 29.6 Å². The fourth-order valence-corrected chi connectivity index (χ4v) is 10.3. The molecule has 0 radical (unpaired) electrons. The highest BCUT2D eigenvalue weighted by atomic mass is 19.1. The second kappa shape index (κ2) is 16.2. The van der Waals surface area contributed by atoms with Gasteiger partial charge in [0, 0.05) is 87.3 Å². The van der Waals surface area contributed by atoms with Crippen molar-refractivity contribution in [2.45, 2.75) is 76.9 Å². The SMILES string of the molecule is Cc1cc2cc(n1)-c1cnn(C)c1OCCC[C@@H](C)CN1/C(=N/C2=O)Nc2ccc(CN3C4CC3CN(C(=O)[C@@H]3CCN(c5cc(F)c([C@H]6CCC(=O)NC6=O)c(F)c5)C3)C4)cc21. The van der Waals surface area contributed by atoms with Crippen LogP contribution in [0.3, 0.4) is 0 Å². The predicted octanol–water partition coefficient (Wildman–Crippen LogP) is 5.14. The standard InChI is InChI=1S/C46H50F2N10O5/c1-25-5-4-12-63-45-34(19-49-54(45)3)38-15-29(13-26(2)50-38)42(60)53-46-51-37-8-6-27(14-39(37)58(46)20-25)21-57-31-16-32(57)24-56(23-31)44(62)28-10-11-55(22-28)30-17-35(47)41(36(48)18-30)33-7-9-40(59)52-43(33)61/h6,8,13-15,17-19,25,28,31-33H,4-5,7,9-12,16,20-24H2,1-3H3,(H,51,53,60)(H,52,59,61)/t25-,28-,31?,32?,33-/m1/s1. The van der Waals surface area contributed by atoms with E-state index in [4.69, 9.17) is 9.72 Å². The largest absolute Gasteiger partial charge is 0.477 e. The Hall–Kier alpha value is -6.23. The van der Waals surface area contributed by atoms with Crippen molar-refractivity contribution in [3.63, 3.8) is 0 Å². The maximum absolute atomic E-state index is 15.3. The van der Waals surface area contributed by atoms with Gasteiger partial charge < -0.3 is 24.8 Å². The number of halogens is 2. The van der Waals surface area contributed by atoms with E-state index in [-0.39, 0.29) is 54.1 Å². The van der Waals surface area contributed by atoms with E-state index in [0.717, 1.165) is 41.8 Å². The van der Waals surface area contributed by atoms with Crippen molar-refractivity contribution in [1.29, 1.82) is 0 Å². The first-order valence-corrected chi connectivity index (χ1v) is 21.9. The minimum Gasteiger partial charge on any atom is -0.477 e. The van der Waals surface area contributed by atoms with Crippen molar-refractivity contribution < 1.29 is 32.7 Å². The summed E-state index contributed by atoms with van der Waals surface area (Å²) in [5.74, 6) is -3.11. The molecule has 7 aliphatic heterocycles. The first-order valence-electron chi connectivity index (χ1n) is 21.9. The molecule has 5 saturated heterocycles. The molecule has 63 heavy (non-hydrogen) atoms.